The zero-order chi connectivity index (χ0) is 14.8. The zero-order valence-corrected chi connectivity index (χ0v) is 13.2. The molecule has 0 spiro atoms. The normalized spacial score (nSPS) is 15.6. The van der Waals surface area contributed by atoms with Crippen LogP contribution in [0.5, 0.6) is 0 Å². The highest BCUT2D eigenvalue weighted by Gasteiger charge is 2.17. The minimum atomic E-state index is 0.324. The van der Waals surface area contributed by atoms with E-state index in [1.165, 1.54) is 28.0 Å². The fourth-order valence-electron chi connectivity index (χ4n) is 3.01. The van der Waals surface area contributed by atoms with E-state index in [0.29, 0.717) is 6.04 Å². The van der Waals surface area contributed by atoms with Gasteiger partial charge in [0.05, 0.1) is 0 Å². The van der Waals surface area contributed by atoms with Crippen LogP contribution in [0.4, 0.5) is 0 Å². The van der Waals surface area contributed by atoms with Crippen LogP contribution in [0.3, 0.4) is 0 Å². The van der Waals surface area contributed by atoms with E-state index in [2.05, 4.69) is 61.6 Å². The third kappa shape index (κ3) is 2.98. The van der Waals surface area contributed by atoms with Gasteiger partial charge in [-0.3, -0.25) is 0 Å². The summed E-state index contributed by atoms with van der Waals surface area (Å²) < 4.78 is 0. The summed E-state index contributed by atoms with van der Waals surface area (Å²) in [5, 5.41) is 4.52. The van der Waals surface area contributed by atoms with Gasteiger partial charge in [-0.25, -0.2) is 0 Å². The molecule has 2 heteroatoms. The van der Waals surface area contributed by atoms with E-state index < -0.39 is 0 Å². The minimum Gasteiger partial charge on any atom is -0.382 e. The van der Waals surface area contributed by atoms with Gasteiger partial charge in [0, 0.05) is 16.8 Å². The topological polar surface area (TPSA) is 12.0 Å². The number of nitrogens with one attached hydrogen (secondary N) is 1. The third-order valence-corrected chi connectivity index (χ3v) is 4.49. The number of fused-ring (bicyclic) bond motifs is 1. The van der Waals surface area contributed by atoms with E-state index in [1.807, 2.05) is 6.07 Å². The molecule has 1 atom stereocenters. The van der Waals surface area contributed by atoms with E-state index >= 15 is 0 Å². The summed E-state index contributed by atoms with van der Waals surface area (Å²) in [7, 11) is 0. The lowest BCUT2D eigenvalue weighted by atomic mass is 9.89. The van der Waals surface area contributed by atoms with Gasteiger partial charge >= 0.3 is 0 Å². The molecular weight excluding hydrogens is 278 g/mol. The summed E-state index contributed by atoms with van der Waals surface area (Å²) in [6, 6.07) is 17.1. The molecule has 0 saturated heterocycles. The summed E-state index contributed by atoms with van der Waals surface area (Å²) in [4.78, 5) is 0. The lowest BCUT2D eigenvalue weighted by molar-refractivity contribution is 0.624. The first kappa shape index (κ1) is 14.2. The Balaban J connectivity index is 1.86. The number of hydrogen-bond acceptors (Lipinski definition) is 1. The van der Waals surface area contributed by atoms with E-state index in [9.17, 15) is 0 Å². The van der Waals surface area contributed by atoms with Crippen LogP contribution in [-0.2, 0) is 6.42 Å². The van der Waals surface area contributed by atoms with Gasteiger partial charge < -0.3 is 5.32 Å². The molecule has 0 aliphatic heterocycles. The fourth-order valence-corrected chi connectivity index (χ4v) is 3.21. The van der Waals surface area contributed by atoms with Crippen LogP contribution in [0.25, 0.3) is 5.57 Å². The minimum absolute atomic E-state index is 0.324. The van der Waals surface area contributed by atoms with Crippen LogP contribution in [0, 0.1) is 0 Å². The van der Waals surface area contributed by atoms with Gasteiger partial charge in [-0.1, -0.05) is 48.0 Å². The Labute approximate surface area is 131 Å². The molecule has 1 N–H and O–H groups in total. The largest absolute Gasteiger partial charge is 0.382 e. The lowest BCUT2D eigenvalue weighted by Gasteiger charge is -2.26. The Morgan fingerprint density at radius 3 is 2.57 bits per heavy atom. The summed E-state index contributed by atoms with van der Waals surface area (Å²) in [5.41, 5.74) is 6.70. The van der Waals surface area contributed by atoms with Gasteiger partial charge in [0.2, 0.25) is 0 Å². The molecule has 1 aliphatic rings. The fraction of sp³-hybridized carbons (Fsp3) is 0.263. The second-order valence-corrected chi connectivity index (χ2v) is 6.12. The number of halogens is 1. The maximum absolute atomic E-state index is 6.09. The van der Waals surface area contributed by atoms with Gasteiger partial charge in [0.1, 0.15) is 0 Å². The Hall–Kier alpha value is -1.73. The predicted octanol–water partition coefficient (Wildman–Crippen LogP) is 5.37. The maximum Gasteiger partial charge on any atom is 0.0482 e. The van der Waals surface area contributed by atoms with Crippen LogP contribution in [-0.4, -0.2) is 0 Å². The molecule has 0 fully saturated rings. The van der Waals surface area contributed by atoms with E-state index in [0.717, 1.165) is 17.9 Å². The molecule has 0 radical (unpaired) electrons. The van der Waals surface area contributed by atoms with E-state index in [-0.39, 0.29) is 0 Å². The number of hydrogen-bond donors (Lipinski definition) is 1. The molecule has 0 unspecified atom stereocenters. The molecule has 1 nitrogen and oxygen atoms in total. The summed E-state index contributed by atoms with van der Waals surface area (Å²) in [6.07, 6.45) is 2.10. The van der Waals surface area contributed by atoms with E-state index in [4.69, 9.17) is 11.6 Å². The van der Waals surface area contributed by atoms with Gasteiger partial charge in [0.25, 0.3) is 0 Å². The number of benzene rings is 2. The standard InChI is InChI=1S/C19H20ClN/c1-13-18-10-9-17(20)12-16(18)8-11-19(13)21-14(2)15-6-4-3-5-7-15/h3-7,9-10,12,14,21H,8,11H2,1-2H3/t14-/m1/s1. The highest BCUT2D eigenvalue weighted by Crippen LogP contribution is 2.32. The molecule has 0 amide bonds. The van der Waals surface area contributed by atoms with Crippen molar-refractivity contribution in [3.8, 4) is 0 Å². The van der Waals surface area contributed by atoms with Crippen LogP contribution in [0.1, 0.15) is 43.0 Å². The predicted molar refractivity (Wildman–Crippen MR) is 90.4 cm³/mol. The molecule has 0 aromatic heterocycles. The van der Waals surface area contributed by atoms with Crippen molar-refractivity contribution < 1.29 is 0 Å². The Bertz CT molecular complexity index is 673. The molecule has 1 aliphatic carbocycles. The first-order chi connectivity index (χ1) is 10.1. The maximum atomic E-state index is 6.09. The third-order valence-electron chi connectivity index (χ3n) is 4.26. The summed E-state index contributed by atoms with van der Waals surface area (Å²) in [6.45, 7) is 4.42. The molecular formula is C19H20ClN. The highest BCUT2D eigenvalue weighted by molar-refractivity contribution is 6.30. The smallest absolute Gasteiger partial charge is 0.0482 e. The van der Waals surface area contributed by atoms with Gasteiger partial charge in [0.15, 0.2) is 0 Å². The van der Waals surface area contributed by atoms with Crippen molar-refractivity contribution in [3.05, 3.63) is 75.9 Å². The Morgan fingerprint density at radius 1 is 1.05 bits per heavy atom. The Kier molecular flexibility index (Phi) is 4.03. The molecule has 0 saturated carbocycles. The van der Waals surface area contributed by atoms with Crippen LogP contribution < -0.4 is 5.32 Å². The zero-order valence-electron chi connectivity index (χ0n) is 12.5. The molecule has 0 bridgehead atoms. The molecule has 0 heterocycles. The SMILES string of the molecule is CC1=C(N[C@H](C)c2ccccc2)CCc2cc(Cl)ccc21. The summed E-state index contributed by atoms with van der Waals surface area (Å²) in [5.74, 6) is 0. The molecule has 3 rings (SSSR count). The van der Waals surface area contributed by atoms with E-state index in [1.54, 1.807) is 0 Å². The van der Waals surface area contributed by atoms with Crippen molar-refractivity contribution in [2.24, 2.45) is 0 Å². The first-order valence-electron chi connectivity index (χ1n) is 7.45. The van der Waals surface area contributed by atoms with Gasteiger partial charge in [-0.15, -0.1) is 0 Å². The number of rotatable bonds is 3. The van der Waals surface area contributed by atoms with Crippen LogP contribution in [0.2, 0.25) is 5.02 Å². The van der Waals surface area contributed by atoms with Crippen molar-refractivity contribution >= 4 is 17.2 Å². The first-order valence-corrected chi connectivity index (χ1v) is 7.83. The second-order valence-electron chi connectivity index (χ2n) is 5.68. The quantitative estimate of drug-likeness (QED) is 0.803. The molecule has 21 heavy (non-hydrogen) atoms. The van der Waals surface area contributed by atoms with Gasteiger partial charge in [-0.05, 0) is 61.1 Å². The van der Waals surface area contributed by atoms with Gasteiger partial charge in [-0.2, -0.15) is 0 Å². The number of aryl methyl sites for hydroxylation is 1. The Morgan fingerprint density at radius 2 is 1.81 bits per heavy atom. The molecule has 2 aromatic carbocycles. The number of allylic oxidation sites excluding steroid dienone is 2. The van der Waals surface area contributed by atoms with Crippen LogP contribution >= 0.6 is 11.6 Å². The highest BCUT2D eigenvalue weighted by atomic mass is 35.5. The molecule has 2 aromatic rings. The molecule has 108 valence electrons. The van der Waals surface area contributed by atoms with Crippen LogP contribution in [0.15, 0.2) is 54.2 Å². The van der Waals surface area contributed by atoms with Crippen molar-refractivity contribution in [1.29, 1.82) is 0 Å². The van der Waals surface area contributed by atoms with Crippen molar-refractivity contribution in [1.82, 2.24) is 5.32 Å². The van der Waals surface area contributed by atoms with Crippen molar-refractivity contribution in [2.45, 2.75) is 32.7 Å². The van der Waals surface area contributed by atoms with Crippen molar-refractivity contribution in [2.75, 3.05) is 0 Å². The average molecular weight is 298 g/mol. The average Bonchev–Trinajstić information content (AvgIpc) is 2.51. The second kappa shape index (κ2) is 5.95. The summed E-state index contributed by atoms with van der Waals surface area (Å²) >= 11 is 6.09. The monoisotopic (exact) mass is 297 g/mol. The lowest BCUT2D eigenvalue weighted by Crippen LogP contribution is -2.21. The van der Waals surface area contributed by atoms with Crippen molar-refractivity contribution in [3.63, 3.8) is 0 Å².